The topological polar surface area (TPSA) is 135 Å². The number of benzene rings is 2. The van der Waals surface area contributed by atoms with Crippen molar-refractivity contribution >= 4 is 23.5 Å². The van der Waals surface area contributed by atoms with E-state index >= 15 is 0 Å². The minimum Gasteiger partial charge on any atom is -0.372 e. The Morgan fingerprint density at radius 1 is 1.00 bits per heavy atom. The van der Waals surface area contributed by atoms with Gasteiger partial charge in [0.2, 0.25) is 11.7 Å². The second kappa shape index (κ2) is 15.9. The molecule has 2 saturated heterocycles. The maximum absolute atomic E-state index is 13.0. The van der Waals surface area contributed by atoms with Crippen molar-refractivity contribution in [3.8, 4) is 5.69 Å². The Morgan fingerprint density at radius 3 is 2.33 bits per heavy atom. The smallest absolute Gasteiger partial charge is 0.372 e. The predicted octanol–water partition coefficient (Wildman–Crippen LogP) is 4.11. The van der Waals surface area contributed by atoms with Gasteiger partial charge in [0.1, 0.15) is 17.6 Å². The molecule has 2 bridgehead atoms. The molecule has 52 heavy (non-hydrogen) atoms. The Kier molecular flexibility index (Phi) is 11.1. The molecular formula is C37H39F3N8O4. The molecule has 3 unspecified atom stereocenters. The molecule has 7 rings (SSSR count). The highest BCUT2D eigenvalue weighted by atomic mass is 19.4. The number of likely N-dealkylation sites (tertiary alicyclic amines) is 1. The number of rotatable bonds is 9. The van der Waals surface area contributed by atoms with Crippen LogP contribution in [0.1, 0.15) is 47.2 Å². The maximum Gasteiger partial charge on any atom is 0.433 e. The number of amides is 3. The van der Waals surface area contributed by atoms with Gasteiger partial charge in [0.25, 0.3) is 11.8 Å². The van der Waals surface area contributed by atoms with Crippen LogP contribution in [-0.2, 0) is 33.5 Å². The van der Waals surface area contributed by atoms with E-state index in [4.69, 9.17) is 4.74 Å². The molecule has 4 aromatic rings. The lowest BCUT2D eigenvalue weighted by Crippen LogP contribution is -2.53. The normalized spacial score (nSPS) is 19.7. The van der Waals surface area contributed by atoms with E-state index in [1.54, 1.807) is 17.8 Å². The lowest BCUT2D eigenvalue weighted by atomic mass is 10.0. The fourth-order valence-corrected chi connectivity index (χ4v) is 6.51. The summed E-state index contributed by atoms with van der Waals surface area (Å²) in [6.07, 6.45) is 0.890. The lowest BCUT2D eigenvalue weighted by molar-refractivity contribution is -0.141. The number of nitrogens with one attached hydrogen (secondary N) is 2. The molecule has 0 radical (unpaired) electrons. The molecule has 0 saturated carbocycles. The number of para-hydroxylation sites is 1. The van der Waals surface area contributed by atoms with Crippen LogP contribution in [0.5, 0.6) is 0 Å². The first kappa shape index (κ1) is 36.4. The molecule has 2 N–H and O–H groups in total. The van der Waals surface area contributed by atoms with E-state index in [1.807, 2.05) is 60.7 Å². The van der Waals surface area contributed by atoms with Crippen LogP contribution in [0.3, 0.4) is 0 Å². The number of carbonyl (C=O) groups is 3. The summed E-state index contributed by atoms with van der Waals surface area (Å²) >= 11 is 0. The molecule has 2 fully saturated rings. The van der Waals surface area contributed by atoms with Crippen molar-refractivity contribution in [2.45, 2.75) is 57.2 Å². The van der Waals surface area contributed by atoms with Gasteiger partial charge in [-0.25, -0.2) is 14.6 Å². The van der Waals surface area contributed by atoms with E-state index in [9.17, 15) is 27.6 Å². The van der Waals surface area contributed by atoms with Crippen molar-refractivity contribution in [3.05, 3.63) is 114 Å². The molecule has 0 spiro atoms. The molecule has 0 aliphatic carbocycles. The van der Waals surface area contributed by atoms with Crippen molar-refractivity contribution in [2.75, 3.05) is 31.1 Å². The SMILES string of the molecule is C=C(CN1CC2CCC(C1)O2)C(=O)NCc1ccccc1.CCN1C(=O)C(NC(=O)c2nccc(C(F)(F)F)n2)Cc2cnn(-c3ccccc3)c21. The summed E-state index contributed by atoms with van der Waals surface area (Å²) in [6.45, 7) is 9.06. The zero-order chi connectivity index (χ0) is 36.8. The number of morpholine rings is 1. The second-order valence-electron chi connectivity index (χ2n) is 12.7. The average molecular weight is 717 g/mol. The van der Waals surface area contributed by atoms with E-state index < -0.39 is 35.6 Å². The number of alkyl halides is 3. The fraction of sp³-hybridized carbons (Fsp3) is 0.351. The van der Waals surface area contributed by atoms with Gasteiger partial charge in [-0.2, -0.15) is 18.3 Å². The number of hydrogen-bond donors (Lipinski definition) is 2. The van der Waals surface area contributed by atoms with Gasteiger partial charge < -0.3 is 15.4 Å². The van der Waals surface area contributed by atoms with Crippen LogP contribution in [0, 0.1) is 0 Å². The highest BCUT2D eigenvalue weighted by Gasteiger charge is 2.38. The van der Waals surface area contributed by atoms with Gasteiger partial charge in [0.15, 0.2) is 0 Å². The molecule has 3 amide bonds. The van der Waals surface area contributed by atoms with E-state index in [2.05, 4.69) is 37.2 Å². The predicted molar refractivity (Wildman–Crippen MR) is 185 cm³/mol. The van der Waals surface area contributed by atoms with Gasteiger partial charge >= 0.3 is 6.18 Å². The molecule has 3 aliphatic heterocycles. The van der Waals surface area contributed by atoms with E-state index in [0.29, 0.717) is 49.3 Å². The number of nitrogens with zero attached hydrogens (tertiary/aromatic N) is 6. The average Bonchev–Trinajstić information content (AvgIpc) is 3.73. The maximum atomic E-state index is 13.0. The van der Waals surface area contributed by atoms with Crippen LogP contribution < -0.4 is 15.5 Å². The number of aromatic nitrogens is 4. The second-order valence-corrected chi connectivity index (χ2v) is 12.7. The van der Waals surface area contributed by atoms with Crippen molar-refractivity contribution in [1.82, 2.24) is 35.3 Å². The molecule has 5 heterocycles. The molecule has 272 valence electrons. The van der Waals surface area contributed by atoms with Gasteiger partial charge in [-0.3, -0.25) is 24.2 Å². The summed E-state index contributed by atoms with van der Waals surface area (Å²) in [6, 6.07) is 18.9. The highest BCUT2D eigenvalue weighted by molar-refractivity contribution is 6.03. The van der Waals surface area contributed by atoms with Crippen LogP contribution in [0.2, 0.25) is 0 Å². The Labute approximate surface area is 298 Å². The zero-order valence-corrected chi connectivity index (χ0v) is 28.6. The lowest BCUT2D eigenvalue weighted by Gasteiger charge is -2.32. The standard InChI is InChI=1S/C20H17F3N6O2.C17H22N2O2/c1-2-28-18-12(11-25-29(18)13-6-4-3-5-7-13)10-14(19(28)31)26-17(30)16-24-9-8-15(27-16)20(21,22)23;1-13(10-19-11-15-7-8-16(12-19)21-15)17(20)18-9-14-5-3-2-4-6-14/h3-9,11,14H,2,10H2,1H3,(H,26,30);2-6,15-16H,1,7-12H2,(H,18,20). The number of fused-ring (bicyclic) bond motifs is 3. The molecule has 3 aliphatic rings. The number of hydrogen-bond acceptors (Lipinski definition) is 8. The van der Waals surface area contributed by atoms with Gasteiger partial charge in [0.05, 0.1) is 24.1 Å². The van der Waals surface area contributed by atoms with E-state index in [1.165, 1.54) is 4.90 Å². The number of likely N-dealkylation sites (N-methyl/N-ethyl adjacent to an activating group) is 1. The van der Waals surface area contributed by atoms with Crippen LogP contribution in [0.15, 0.2) is 91.3 Å². The number of anilines is 1. The Balaban J connectivity index is 0.000000192. The molecule has 2 aromatic carbocycles. The van der Waals surface area contributed by atoms with Crippen molar-refractivity contribution < 1.29 is 32.3 Å². The van der Waals surface area contributed by atoms with Crippen molar-refractivity contribution in [2.24, 2.45) is 0 Å². The third-order valence-electron chi connectivity index (χ3n) is 8.98. The van der Waals surface area contributed by atoms with Gasteiger partial charge in [-0.1, -0.05) is 55.1 Å². The van der Waals surface area contributed by atoms with Crippen LogP contribution in [-0.4, -0.2) is 86.8 Å². The van der Waals surface area contributed by atoms with Gasteiger partial charge in [-0.15, -0.1) is 0 Å². The summed E-state index contributed by atoms with van der Waals surface area (Å²) < 4.78 is 46.0. The number of ether oxygens (including phenoxy) is 1. The third-order valence-corrected chi connectivity index (χ3v) is 8.98. The summed E-state index contributed by atoms with van der Waals surface area (Å²) in [5.41, 5.74) is 2.00. The minimum absolute atomic E-state index is 0.0577. The molecule has 15 heteroatoms. The first-order chi connectivity index (χ1) is 25.0. The first-order valence-electron chi connectivity index (χ1n) is 17.0. The van der Waals surface area contributed by atoms with Gasteiger partial charge in [0, 0.05) is 56.5 Å². The van der Waals surface area contributed by atoms with Crippen LogP contribution in [0.25, 0.3) is 5.69 Å². The van der Waals surface area contributed by atoms with Crippen LogP contribution >= 0.6 is 0 Å². The third kappa shape index (κ3) is 8.54. The summed E-state index contributed by atoms with van der Waals surface area (Å²) in [5.74, 6) is -1.47. The van der Waals surface area contributed by atoms with E-state index in [-0.39, 0.29) is 12.3 Å². The Morgan fingerprint density at radius 2 is 1.67 bits per heavy atom. The molecule has 12 nitrogen and oxygen atoms in total. The fourth-order valence-electron chi connectivity index (χ4n) is 6.51. The molecule has 3 atom stereocenters. The summed E-state index contributed by atoms with van der Waals surface area (Å²) in [5, 5.41) is 9.76. The Hall–Kier alpha value is -5.41. The highest BCUT2D eigenvalue weighted by Crippen LogP contribution is 2.31. The molecule has 2 aromatic heterocycles. The molecular weight excluding hydrogens is 677 g/mol. The number of halogens is 3. The largest absolute Gasteiger partial charge is 0.433 e. The summed E-state index contributed by atoms with van der Waals surface area (Å²) in [4.78, 5) is 48.3. The minimum atomic E-state index is -4.71. The Bertz CT molecular complexity index is 1890. The van der Waals surface area contributed by atoms with E-state index in [0.717, 1.165) is 48.9 Å². The quantitative estimate of drug-likeness (QED) is 0.248. The van der Waals surface area contributed by atoms with Crippen molar-refractivity contribution in [1.29, 1.82) is 0 Å². The number of carbonyl (C=O) groups excluding carboxylic acids is 3. The monoisotopic (exact) mass is 716 g/mol. The van der Waals surface area contributed by atoms with Gasteiger partial charge in [-0.05, 0) is 43.5 Å². The zero-order valence-electron chi connectivity index (χ0n) is 28.6. The van der Waals surface area contributed by atoms with Crippen LogP contribution in [0.4, 0.5) is 19.0 Å². The summed E-state index contributed by atoms with van der Waals surface area (Å²) in [7, 11) is 0. The first-order valence-corrected chi connectivity index (χ1v) is 17.0. The van der Waals surface area contributed by atoms with Crippen molar-refractivity contribution in [3.63, 3.8) is 0 Å².